The van der Waals surface area contributed by atoms with E-state index in [4.69, 9.17) is 9.88 Å². The Balaban J connectivity index is 2.42. The second-order valence-electron chi connectivity index (χ2n) is 4.85. The van der Waals surface area contributed by atoms with E-state index in [9.17, 15) is 8.42 Å². The van der Waals surface area contributed by atoms with Gasteiger partial charge in [-0.15, -0.1) is 0 Å². The van der Waals surface area contributed by atoms with Crippen LogP contribution in [0.15, 0.2) is 17.4 Å². The van der Waals surface area contributed by atoms with Gasteiger partial charge in [-0.25, -0.2) is 18.5 Å². The number of pyridine rings is 1. The topological polar surface area (TPSA) is 100 Å². The number of nitrogens with zero attached hydrogens (tertiary/aromatic N) is 3. The zero-order chi connectivity index (χ0) is 15.8. The number of sulfonamides is 1. The zero-order valence-corrected chi connectivity index (χ0v) is 13.2. The second kappa shape index (κ2) is 5.45. The highest BCUT2D eigenvalue weighted by Gasteiger charge is 2.16. The molecule has 0 bridgehead atoms. The van der Waals surface area contributed by atoms with Gasteiger partial charge in [0.2, 0.25) is 0 Å². The average molecular weight is 310 g/mol. The molecule has 0 amide bonds. The molecule has 2 rings (SSSR count). The minimum absolute atomic E-state index is 0.142. The molecule has 0 aromatic carbocycles. The Morgan fingerprint density at radius 3 is 2.52 bits per heavy atom. The van der Waals surface area contributed by atoms with Crippen LogP contribution in [-0.2, 0) is 16.6 Å². The van der Waals surface area contributed by atoms with Crippen molar-refractivity contribution in [3.05, 3.63) is 35.0 Å². The molecule has 0 aliphatic heterocycles. The van der Waals surface area contributed by atoms with Crippen molar-refractivity contribution in [2.24, 2.45) is 5.14 Å². The molecule has 2 aromatic rings. The molecule has 114 valence electrons. The van der Waals surface area contributed by atoms with E-state index in [0.29, 0.717) is 12.4 Å². The smallest absolute Gasteiger partial charge is 0.257 e. The minimum atomic E-state index is -3.80. The van der Waals surface area contributed by atoms with Crippen molar-refractivity contribution in [2.75, 3.05) is 7.11 Å². The lowest BCUT2D eigenvalue weighted by molar-refractivity contribution is 0.406. The van der Waals surface area contributed by atoms with Crippen LogP contribution < -0.4 is 9.88 Å². The van der Waals surface area contributed by atoms with Gasteiger partial charge in [0.1, 0.15) is 11.6 Å². The van der Waals surface area contributed by atoms with Gasteiger partial charge in [0.05, 0.1) is 19.3 Å². The third kappa shape index (κ3) is 3.06. The molecular weight excluding hydrogens is 292 g/mol. The first kappa shape index (κ1) is 15.5. The Morgan fingerprint density at radius 2 is 2.00 bits per heavy atom. The Kier molecular flexibility index (Phi) is 4.02. The predicted octanol–water partition coefficient (Wildman–Crippen LogP) is 0.908. The number of aromatic nitrogens is 3. The quantitative estimate of drug-likeness (QED) is 0.904. The molecule has 21 heavy (non-hydrogen) atoms. The second-order valence-corrected chi connectivity index (χ2v) is 6.35. The summed E-state index contributed by atoms with van der Waals surface area (Å²) in [6.45, 7) is 5.96. The third-order valence-corrected chi connectivity index (χ3v) is 4.10. The third-order valence-electron chi connectivity index (χ3n) is 3.32. The van der Waals surface area contributed by atoms with E-state index in [1.807, 2.05) is 13.8 Å². The van der Waals surface area contributed by atoms with Gasteiger partial charge in [-0.3, -0.25) is 4.98 Å². The molecule has 2 heterocycles. The summed E-state index contributed by atoms with van der Waals surface area (Å²) in [7, 11) is -2.19. The van der Waals surface area contributed by atoms with Gasteiger partial charge in [-0.05, 0) is 20.8 Å². The van der Waals surface area contributed by atoms with Gasteiger partial charge in [0.15, 0.2) is 5.03 Å². The molecule has 0 aliphatic rings. The number of rotatable bonds is 4. The lowest BCUT2D eigenvalue weighted by atomic mass is 10.1. The van der Waals surface area contributed by atoms with Gasteiger partial charge in [0, 0.05) is 23.5 Å². The summed E-state index contributed by atoms with van der Waals surface area (Å²) in [5.41, 5.74) is 2.66. The lowest BCUT2D eigenvalue weighted by Crippen LogP contribution is -2.12. The van der Waals surface area contributed by atoms with Crippen molar-refractivity contribution < 1.29 is 13.2 Å². The molecule has 0 spiro atoms. The maximum absolute atomic E-state index is 11.3. The Hall–Kier alpha value is -1.93. The predicted molar refractivity (Wildman–Crippen MR) is 77.7 cm³/mol. The average Bonchev–Trinajstić information content (AvgIpc) is 2.75. The molecule has 0 atom stereocenters. The van der Waals surface area contributed by atoms with Crippen molar-refractivity contribution in [3.8, 4) is 5.75 Å². The summed E-state index contributed by atoms with van der Waals surface area (Å²) in [5, 5.41) is 4.95. The number of methoxy groups -OCH3 is 1. The fourth-order valence-electron chi connectivity index (χ4n) is 2.17. The summed E-state index contributed by atoms with van der Waals surface area (Å²) >= 11 is 0. The number of aryl methyl sites for hydroxylation is 2. The van der Waals surface area contributed by atoms with Gasteiger partial charge in [-0.1, -0.05) is 0 Å². The Labute approximate surface area is 123 Å². The number of imidazole rings is 1. The van der Waals surface area contributed by atoms with Crippen LogP contribution in [0.25, 0.3) is 0 Å². The van der Waals surface area contributed by atoms with Crippen LogP contribution in [0.1, 0.15) is 22.6 Å². The maximum Gasteiger partial charge on any atom is 0.257 e. The first-order chi connectivity index (χ1) is 9.74. The summed E-state index contributed by atoms with van der Waals surface area (Å²) in [6, 6.07) is 0. The highest BCUT2D eigenvalue weighted by molar-refractivity contribution is 7.89. The van der Waals surface area contributed by atoms with Crippen LogP contribution >= 0.6 is 0 Å². The molecule has 0 saturated carbocycles. The molecule has 0 saturated heterocycles. The van der Waals surface area contributed by atoms with Gasteiger partial charge in [0.25, 0.3) is 10.0 Å². The molecule has 8 heteroatoms. The summed E-state index contributed by atoms with van der Waals surface area (Å²) in [4.78, 5) is 8.34. The molecule has 0 radical (unpaired) electrons. The molecule has 7 nitrogen and oxygen atoms in total. The van der Waals surface area contributed by atoms with E-state index < -0.39 is 10.0 Å². The lowest BCUT2D eigenvalue weighted by Gasteiger charge is -2.13. The number of hydrogen-bond acceptors (Lipinski definition) is 5. The van der Waals surface area contributed by atoms with Gasteiger partial charge < -0.3 is 9.30 Å². The molecule has 2 aromatic heterocycles. The standard InChI is InChI=1S/C13H18N4O3S/c1-8-5-15-11(9(2)13(8)20-4)6-17-7-12(16-10(17)3)21(14,18)19/h5,7H,6H2,1-4H3,(H2,14,18,19). The van der Waals surface area contributed by atoms with Crippen LogP contribution in [0.2, 0.25) is 0 Å². The first-order valence-electron chi connectivity index (χ1n) is 6.29. The van der Waals surface area contributed by atoms with E-state index in [1.54, 1.807) is 24.8 Å². The number of ether oxygens (including phenoxy) is 1. The van der Waals surface area contributed by atoms with Crippen molar-refractivity contribution >= 4 is 10.0 Å². The van der Waals surface area contributed by atoms with E-state index in [1.165, 1.54) is 6.20 Å². The van der Waals surface area contributed by atoms with E-state index in [0.717, 1.165) is 22.6 Å². The largest absolute Gasteiger partial charge is 0.496 e. The Morgan fingerprint density at radius 1 is 1.33 bits per heavy atom. The molecule has 0 aliphatic carbocycles. The van der Waals surface area contributed by atoms with Gasteiger partial charge in [-0.2, -0.15) is 0 Å². The highest BCUT2D eigenvalue weighted by Crippen LogP contribution is 2.24. The molecular formula is C13H18N4O3S. The molecule has 0 unspecified atom stereocenters. The molecule has 2 N–H and O–H groups in total. The monoisotopic (exact) mass is 310 g/mol. The van der Waals surface area contributed by atoms with Crippen LogP contribution in [0, 0.1) is 20.8 Å². The van der Waals surface area contributed by atoms with Crippen LogP contribution in [0.4, 0.5) is 0 Å². The molecule has 0 fully saturated rings. The van der Waals surface area contributed by atoms with Crippen LogP contribution in [0.5, 0.6) is 5.75 Å². The SMILES string of the molecule is COc1c(C)cnc(Cn2cc(S(N)(=O)=O)nc2C)c1C. The normalized spacial score (nSPS) is 11.7. The number of hydrogen-bond donors (Lipinski definition) is 1. The fourth-order valence-corrected chi connectivity index (χ4v) is 2.70. The highest BCUT2D eigenvalue weighted by atomic mass is 32.2. The zero-order valence-electron chi connectivity index (χ0n) is 12.4. The van der Waals surface area contributed by atoms with Gasteiger partial charge >= 0.3 is 0 Å². The van der Waals surface area contributed by atoms with Crippen LogP contribution in [0.3, 0.4) is 0 Å². The summed E-state index contributed by atoms with van der Waals surface area (Å²) < 4.78 is 29.7. The van der Waals surface area contributed by atoms with Crippen molar-refractivity contribution in [1.29, 1.82) is 0 Å². The maximum atomic E-state index is 11.3. The summed E-state index contributed by atoms with van der Waals surface area (Å²) in [5.74, 6) is 1.34. The number of primary sulfonamides is 1. The van der Waals surface area contributed by atoms with Crippen LogP contribution in [-0.4, -0.2) is 30.1 Å². The van der Waals surface area contributed by atoms with Crippen molar-refractivity contribution in [1.82, 2.24) is 14.5 Å². The number of nitrogens with two attached hydrogens (primary N) is 1. The first-order valence-corrected chi connectivity index (χ1v) is 7.84. The van der Waals surface area contributed by atoms with Crippen molar-refractivity contribution in [3.63, 3.8) is 0 Å². The van der Waals surface area contributed by atoms with E-state index in [-0.39, 0.29) is 5.03 Å². The fraction of sp³-hybridized carbons (Fsp3) is 0.385. The van der Waals surface area contributed by atoms with E-state index >= 15 is 0 Å². The minimum Gasteiger partial charge on any atom is -0.496 e. The summed E-state index contributed by atoms with van der Waals surface area (Å²) in [6.07, 6.45) is 3.14. The Bertz CT molecular complexity index is 781. The van der Waals surface area contributed by atoms with Crippen molar-refractivity contribution in [2.45, 2.75) is 32.3 Å². The van der Waals surface area contributed by atoms with E-state index in [2.05, 4.69) is 9.97 Å².